The Kier molecular flexibility index (Phi) is 9.30. The van der Waals surface area contributed by atoms with Crippen molar-refractivity contribution in [2.75, 3.05) is 26.4 Å². The first kappa shape index (κ1) is 26.5. The van der Waals surface area contributed by atoms with E-state index >= 15 is 0 Å². The molecule has 2 heterocycles. The minimum Gasteiger partial charge on any atom is -0.772 e. The van der Waals surface area contributed by atoms with Crippen LogP contribution in [0.15, 0.2) is 0 Å². The highest BCUT2D eigenvalue weighted by Gasteiger charge is 2.69. The molecule has 13 nitrogen and oxygen atoms in total. The van der Waals surface area contributed by atoms with Crippen LogP contribution in [0.4, 0.5) is 0 Å². The van der Waals surface area contributed by atoms with Gasteiger partial charge in [-0.25, -0.2) is 0 Å². The lowest BCUT2D eigenvalue weighted by molar-refractivity contribution is -0.757. The zero-order valence-electron chi connectivity index (χ0n) is 16.8. The predicted molar refractivity (Wildman–Crippen MR) is 102 cm³/mol. The standard InChI is InChI=1S/C16H29NO12S2/c1-2-5-15(11(3-6-18)30(23)24,12(31(25)26)4-7-29-17(21)22)16(20)9-28-13-10(19)8-27-14(13)16/h10-14,18-20H,2-9H2,1H3,(H,23,24)(H,25,26)/p-2/t10-,11?,12?,13+,14-,15?,16-/m0/s1. The second-order valence-electron chi connectivity index (χ2n) is 7.67. The lowest BCUT2D eigenvalue weighted by Gasteiger charge is -2.56. The van der Waals surface area contributed by atoms with Gasteiger partial charge in [-0.1, -0.05) is 35.5 Å². The lowest BCUT2D eigenvalue weighted by atomic mass is 9.61. The van der Waals surface area contributed by atoms with Crippen LogP contribution in [0.5, 0.6) is 0 Å². The Hall–Kier alpha value is -0.780. The molecule has 2 aliphatic heterocycles. The van der Waals surface area contributed by atoms with E-state index in [-0.39, 0.29) is 19.4 Å². The average molecular weight is 490 g/mol. The maximum Gasteiger partial charge on any atom is 0.294 e. The summed E-state index contributed by atoms with van der Waals surface area (Å²) in [6.07, 6.45) is -4.17. The minimum atomic E-state index is -3.01. The zero-order chi connectivity index (χ0) is 23.4. The third-order valence-electron chi connectivity index (χ3n) is 6.14. The lowest BCUT2D eigenvalue weighted by Crippen LogP contribution is -2.68. The number of hydrogen-bond acceptors (Lipinski definition) is 12. The first-order valence-corrected chi connectivity index (χ1v) is 12.0. The van der Waals surface area contributed by atoms with Crippen LogP contribution in [-0.4, -0.2) is 98.8 Å². The van der Waals surface area contributed by atoms with E-state index in [9.17, 15) is 43.0 Å². The largest absolute Gasteiger partial charge is 0.772 e. The number of aliphatic hydroxyl groups is 3. The number of ether oxygens (including phenoxy) is 2. The summed E-state index contributed by atoms with van der Waals surface area (Å²) in [5.74, 6) is 0. The van der Waals surface area contributed by atoms with Gasteiger partial charge in [-0.15, -0.1) is 10.1 Å². The van der Waals surface area contributed by atoms with Gasteiger partial charge in [0.25, 0.3) is 5.09 Å². The summed E-state index contributed by atoms with van der Waals surface area (Å²) in [7, 11) is 0. The number of rotatable bonds is 13. The molecule has 0 radical (unpaired) electrons. The summed E-state index contributed by atoms with van der Waals surface area (Å²) in [6, 6.07) is 0. The monoisotopic (exact) mass is 489 g/mol. The molecule has 2 saturated heterocycles. The number of aliphatic hydroxyl groups excluding tert-OH is 2. The molecule has 0 amide bonds. The molecule has 0 aromatic carbocycles. The van der Waals surface area contributed by atoms with Crippen LogP contribution in [-0.2, 0) is 36.5 Å². The second kappa shape index (κ2) is 10.9. The van der Waals surface area contributed by atoms with Gasteiger partial charge >= 0.3 is 0 Å². The van der Waals surface area contributed by atoms with Gasteiger partial charge in [-0.2, -0.15) is 0 Å². The predicted octanol–water partition coefficient (Wildman–Crippen LogP) is -1.86. The van der Waals surface area contributed by atoms with Crippen LogP contribution >= 0.6 is 0 Å². The fourth-order valence-corrected chi connectivity index (χ4v) is 7.36. The SMILES string of the molecule is CCCC(C(CCO)S(=O)[O-])(C(CCO[N+](=O)[O-])S(=O)[O-])[C@]1(O)CO[C@@H]2[C@@H](O)CO[C@@H]21. The Bertz CT molecular complexity index is 683. The molecule has 0 aliphatic carbocycles. The van der Waals surface area contributed by atoms with Gasteiger partial charge in [0.1, 0.15) is 23.9 Å². The molecule has 0 bridgehead atoms. The van der Waals surface area contributed by atoms with E-state index in [2.05, 4.69) is 4.84 Å². The Labute approximate surface area is 183 Å². The maximum absolute atomic E-state index is 12.4. The van der Waals surface area contributed by atoms with Gasteiger partial charge in [0, 0.05) is 22.5 Å². The minimum absolute atomic E-state index is 0.148. The van der Waals surface area contributed by atoms with Crippen molar-refractivity contribution in [1.29, 1.82) is 0 Å². The maximum atomic E-state index is 12.4. The summed E-state index contributed by atoms with van der Waals surface area (Å²) in [5, 5.41) is 37.7. The summed E-state index contributed by atoms with van der Waals surface area (Å²) in [5.41, 5.74) is -4.17. The van der Waals surface area contributed by atoms with E-state index in [0.717, 1.165) is 0 Å². The first-order valence-electron chi connectivity index (χ1n) is 9.74. The van der Waals surface area contributed by atoms with Gasteiger partial charge < -0.3 is 38.7 Å². The van der Waals surface area contributed by atoms with Crippen molar-refractivity contribution in [2.24, 2.45) is 5.41 Å². The molecule has 0 saturated carbocycles. The molecule has 3 N–H and O–H groups in total. The quantitative estimate of drug-likeness (QED) is 0.148. The van der Waals surface area contributed by atoms with E-state index in [0.29, 0.717) is 0 Å². The van der Waals surface area contributed by atoms with E-state index in [1.54, 1.807) is 6.92 Å². The van der Waals surface area contributed by atoms with E-state index < -0.39 is 99.7 Å². The van der Waals surface area contributed by atoms with Gasteiger partial charge in [0.2, 0.25) is 0 Å². The number of hydrogen-bond donors (Lipinski definition) is 3. The molecular weight excluding hydrogens is 462 g/mol. The summed E-state index contributed by atoms with van der Waals surface area (Å²) >= 11 is -5.96. The Morgan fingerprint density at radius 2 is 1.87 bits per heavy atom. The summed E-state index contributed by atoms with van der Waals surface area (Å²) in [4.78, 5) is 14.8. The first-order chi connectivity index (χ1) is 14.6. The summed E-state index contributed by atoms with van der Waals surface area (Å²) in [6.45, 7) is -0.369. The van der Waals surface area contributed by atoms with E-state index in [1.807, 2.05) is 0 Å². The van der Waals surface area contributed by atoms with Crippen molar-refractivity contribution in [1.82, 2.24) is 0 Å². The summed E-state index contributed by atoms with van der Waals surface area (Å²) < 4.78 is 60.3. The molecule has 0 aromatic heterocycles. The van der Waals surface area contributed by atoms with Gasteiger partial charge in [-0.05, 0) is 19.3 Å². The van der Waals surface area contributed by atoms with Crippen LogP contribution in [0.3, 0.4) is 0 Å². The molecule has 2 aliphatic rings. The van der Waals surface area contributed by atoms with Crippen molar-refractivity contribution >= 4 is 22.2 Å². The van der Waals surface area contributed by atoms with Crippen molar-refractivity contribution < 1.29 is 52.2 Å². The Balaban J connectivity index is 2.66. The molecule has 182 valence electrons. The fraction of sp³-hybridized carbons (Fsp3) is 1.00. The van der Waals surface area contributed by atoms with Gasteiger partial charge in [-0.3, -0.25) is 8.42 Å². The highest BCUT2D eigenvalue weighted by molar-refractivity contribution is 7.80. The fourth-order valence-electron chi connectivity index (χ4n) is 5.03. The molecule has 2 rings (SSSR count). The number of fused-ring (bicyclic) bond motifs is 1. The zero-order valence-corrected chi connectivity index (χ0v) is 18.5. The topological polar surface area (TPSA) is 212 Å². The third kappa shape index (κ3) is 4.94. The molecule has 9 atom stereocenters. The van der Waals surface area contributed by atoms with Crippen molar-refractivity contribution in [3.05, 3.63) is 10.1 Å². The van der Waals surface area contributed by atoms with Crippen molar-refractivity contribution in [2.45, 2.75) is 67.0 Å². The average Bonchev–Trinajstić information content (AvgIpc) is 3.23. The highest BCUT2D eigenvalue weighted by Crippen LogP contribution is 2.55. The second-order valence-corrected chi connectivity index (χ2v) is 9.85. The normalized spacial score (nSPS) is 33.8. The molecule has 15 heteroatoms. The van der Waals surface area contributed by atoms with Crippen LogP contribution in [0, 0.1) is 15.5 Å². The van der Waals surface area contributed by atoms with Crippen molar-refractivity contribution in [3.63, 3.8) is 0 Å². The van der Waals surface area contributed by atoms with Crippen LogP contribution in [0.2, 0.25) is 0 Å². The molecule has 2 fully saturated rings. The Morgan fingerprint density at radius 3 is 2.39 bits per heavy atom. The van der Waals surface area contributed by atoms with Gasteiger partial charge in [0.05, 0.1) is 19.8 Å². The molecular formula is C16H27NO12S2-2. The van der Waals surface area contributed by atoms with Crippen LogP contribution in [0.25, 0.3) is 0 Å². The van der Waals surface area contributed by atoms with E-state index in [4.69, 9.17) is 9.47 Å². The molecule has 31 heavy (non-hydrogen) atoms. The third-order valence-corrected chi connectivity index (χ3v) is 8.38. The Morgan fingerprint density at radius 1 is 1.26 bits per heavy atom. The number of nitrogens with zero attached hydrogens (tertiary/aromatic N) is 1. The molecule has 0 spiro atoms. The van der Waals surface area contributed by atoms with Gasteiger partial charge in [0.15, 0.2) is 0 Å². The van der Waals surface area contributed by atoms with Crippen LogP contribution < -0.4 is 0 Å². The van der Waals surface area contributed by atoms with E-state index in [1.165, 1.54) is 0 Å². The van der Waals surface area contributed by atoms with Crippen LogP contribution in [0.1, 0.15) is 32.6 Å². The molecule has 0 aromatic rings. The molecule has 5 unspecified atom stereocenters. The smallest absolute Gasteiger partial charge is 0.294 e. The van der Waals surface area contributed by atoms with Crippen molar-refractivity contribution in [3.8, 4) is 0 Å². The highest BCUT2D eigenvalue weighted by atomic mass is 32.2.